The lowest BCUT2D eigenvalue weighted by molar-refractivity contribution is -0.125. The zero-order valence-electron chi connectivity index (χ0n) is 12.3. The van der Waals surface area contributed by atoms with Crippen molar-refractivity contribution in [1.82, 2.24) is 10.6 Å². The minimum Gasteiger partial charge on any atom is -0.493 e. The van der Waals surface area contributed by atoms with Gasteiger partial charge in [-0.25, -0.2) is 0 Å². The van der Waals surface area contributed by atoms with Gasteiger partial charge in [0.2, 0.25) is 5.91 Å². The van der Waals surface area contributed by atoms with Crippen LogP contribution in [0.15, 0.2) is 24.3 Å². The van der Waals surface area contributed by atoms with Gasteiger partial charge in [0.1, 0.15) is 11.8 Å². The number of morpholine rings is 1. The first kappa shape index (κ1) is 17.8. The summed E-state index contributed by atoms with van der Waals surface area (Å²) >= 11 is 0. The lowest BCUT2D eigenvalue weighted by Gasteiger charge is -2.22. The van der Waals surface area contributed by atoms with E-state index in [9.17, 15) is 4.79 Å². The maximum atomic E-state index is 11.8. The van der Waals surface area contributed by atoms with Gasteiger partial charge >= 0.3 is 0 Å². The molecule has 0 saturated carbocycles. The van der Waals surface area contributed by atoms with Crippen LogP contribution in [0, 0.1) is 6.92 Å². The molecule has 1 aliphatic heterocycles. The van der Waals surface area contributed by atoms with E-state index in [4.69, 9.17) is 9.47 Å². The van der Waals surface area contributed by atoms with Crippen molar-refractivity contribution in [2.45, 2.75) is 19.4 Å². The smallest absolute Gasteiger partial charge is 0.239 e. The van der Waals surface area contributed by atoms with E-state index in [1.165, 1.54) is 0 Å². The molecule has 6 heteroatoms. The van der Waals surface area contributed by atoms with Crippen molar-refractivity contribution in [3.05, 3.63) is 29.8 Å². The fourth-order valence-corrected chi connectivity index (χ4v) is 2.04. The zero-order chi connectivity index (χ0) is 14.2. The number of aryl methyl sites for hydroxylation is 1. The van der Waals surface area contributed by atoms with Gasteiger partial charge in [-0.05, 0) is 25.0 Å². The van der Waals surface area contributed by atoms with Crippen LogP contribution in [-0.4, -0.2) is 44.9 Å². The Morgan fingerprint density at radius 2 is 2.29 bits per heavy atom. The summed E-state index contributed by atoms with van der Waals surface area (Å²) in [5, 5.41) is 6.02. The van der Waals surface area contributed by atoms with Gasteiger partial charge in [-0.2, -0.15) is 0 Å². The molecule has 1 aromatic carbocycles. The Bertz CT molecular complexity index is 437. The lowest BCUT2D eigenvalue weighted by atomic mass is 10.2. The van der Waals surface area contributed by atoms with Crippen molar-refractivity contribution in [2.75, 3.05) is 32.9 Å². The van der Waals surface area contributed by atoms with Gasteiger partial charge in [-0.1, -0.05) is 18.2 Å². The standard InChI is InChI=1S/C15H22N2O3.ClH/c1-12-5-2-3-6-14(12)20-9-4-7-17-15(18)13-11-19-10-8-16-13;/h2-3,5-6,13,16H,4,7-11H2,1H3,(H,17,18);1H. The van der Waals surface area contributed by atoms with Crippen LogP contribution in [-0.2, 0) is 9.53 Å². The number of hydrogen-bond donors (Lipinski definition) is 2. The van der Waals surface area contributed by atoms with Crippen molar-refractivity contribution in [3.8, 4) is 5.75 Å². The fourth-order valence-electron chi connectivity index (χ4n) is 2.04. The van der Waals surface area contributed by atoms with Crippen LogP contribution < -0.4 is 15.4 Å². The molecule has 1 amide bonds. The molecule has 0 bridgehead atoms. The molecule has 1 atom stereocenters. The molecule has 118 valence electrons. The summed E-state index contributed by atoms with van der Waals surface area (Å²) in [5.74, 6) is 0.904. The van der Waals surface area contributed by atoms with E-state index in [0.717, 1.165) is 24.3 Å². The first-order valence-corrected chi connectivity index (χ1v) is 7.04. The van der Waals surface area contributed by atoms with E-state index in [-0.39, 0.29) is 24.4 Å². The first-order valence-electron chi connectivity index (χ1n) is 7.04. The number of rotatable bonds is 6. The van der Waals surface area contributed by atoms with Crippen LogP contribution >= 0.6 is 12.4 Å². The largest absolute Gasteiger partial charge is 0.493 e. The number of benzene rings is 1. The minimum absolute atomic E-state index is 0. The molecular weight excluding hydrogens is 292 g/mol. The Morgan fingerprint density at radius 3 is 3.00 bits per heavy atom. The van der Waals surface area contributed by atoms with Crippen molar-refractivity contribution in [3.63, 3.8) is 0 Å². The van der Waals surface area contributed by atoms with Crippen LogP contribution in [0.3, 0.4) is 0 Å². The van der Waals surface area contributed by atoms with Crippen molar-refractivity contribution in [1.29, 1.82) is 0 Å². The molecule has 1 unspecified atom stereocenters. The Balaban J connectivity index is 0.00000220. The fraction of sp³-hybridized carbons (Fsp3) is 0.533. The molecule has 1 aromatic rings. The third kappa shape index (κ3) is 5.91. The van der Waals surface area contributed by atoms with Gasteiger partial charge in [0, 0.05) is 13.1 Å². The maximum Gasteiger partial charge on any atom is 0.239 e. The predicted molar refractivity (Wildman–Crippen MR) is 84.2 cm³/mol. The summed E-state index contributed by atoms with van der Waals surface area (Å²) in [6.45, 7) is 5.09. The van der Waals surface area contributed by atoms with Crippen molar-refractivity contribution < 1.29 is 14.3 Å². The molecule has 1 heterocycles. The highest BCUT2D eigenvalue weighted by Gasteiger charge is 2.20. The summed E-state index contributed by atoms with van der Waals surface area (Å²) in [5.41, 5.74) is 1.13. The molecule has 21 heavy (non-hydrogen) atoms. The number of nitrogens with one attached hydrogen (secondary N) is 2. The second kappa shape index (κ2) is 9.60. The normalized spacial score (nSPS) is 17.7. The van der Waals surface area contributed by atoms with E-state index in [0.29, 0.717) is 26.4 Å². The average molecular weight is 315 g/mol. The average Bonchev–Trinajstić information content (AvgIpc) is 2.49. The molecule has 1 saturated heterocycles. The number of hydrogen-bond acceptors (Lipinski definition) is 4. The number of amides is 1. The van der Waals surface area contributed by atoms with Crippen LogP contribution in [0.25, 0.3) is 0 Å². The molecule has 0 aromatic heterocycles. The van der Waals surface area contributed by atoms with E-state index >= 15 is 0 Å². The monoisotopic (exact) mass is 314 g/mol. The SMILES string of the molecule is Cc1ccccc1OCCCNC(=O)C1COCCN1.Cl. The molecule has 0 spiro atoms. The molecule has 0 aliphatic carbocycles. The van der Waals surface area contributed by atoms with Gasteiger partial charge in [0.05, 0.1) is 19.8 Å². The quantitative estimate of drug-likeness (QED) is 0.777. The van der Waals surface area contributed by atoms with Gasteiger partial charge in [0.25, 0.3) is 0 Å². The highest BCUT2D eigenvalue weighted by molar-refractivity contribution is 5.85. The maximum absolute atomic E-state index is 11.8. The first-order chi connectivity index (χ1) is 9.77. The summed E-state index contributed by atoms with van der Waals surface area (Å²) in [7, 11) is 0. The topological polar surface area (TPSA) is 59.6 Å². The second-order valence-corrected chi connectivity index (χ2v) is 4.84. The number of carbonyl (C=O) groups excluding carboxylic acids is 1. The second-order valence-electron chi connectivity index (χ2n) is 4.84. The number of para-hydroxylation sites is 1. The Hall–Kier alpha value is -1.30. The molecule has 5 nitrogen and oxygen atoms in total. The summed E-state index contributed by atoms with van der Waals surface area (Å²) < 4.78 is 10.9. The summed E-state index contributed by atoms with van der Waals surface area (Å²) in [6, 6.07) is 7.70. The van der Waals surface area contributed by atoms with Gasteiger partial charge in [0.15, 0.2) is 0 Å². The third-order valence-electron chi connectivity index (χ3n) is 3.21. The minimum atomic E-state index is -0.221. The van der Waals surface area contributed by atoms with Crippen molar-refractivity contribution in [2.24, 2.45) is 0 Å². The van der Waals surface area contributed by atoms with Crippen LogP contribution in [0.2, 0.25) is 0 Å². The van der Waals surface area contributed by atoms with E-state index in [1.54, 1.807) is 0 Å². The van der Waals surface area contributed by atoms with E-state index in [1.807, 2.05) is 31.2 Å². The Morgan fingerprint density at radius 1 is 1.48 bits per heavy atom. The number of ether oxygens (including phenoxy) is 2. The Kier molecular flexibility index (Phi) is 8.12. The highest BCUT2D eigenvalue weighted by Crippen LogP contribution is 2.15. The zero-order valence-corrected chi connectivity index (χ0v) is 13.1. The summed E-state index contributed by atoms with van der Waals surface area (Å²) in [6.07, 6.45) is 0.785. The number of halogens is 1. The van der Waals surface area contributed by atoms with E-state index in [2.05, 4.69) is 10.6 Å². The van der Waals surface area contributed by atoms with Gasteiger partial charge in [-0.3, -0.25) is 4.79 Å². The van der Waals surface area contributed by atoms with E-state index < -0.39 is 0 Å². The van der Waals surface area contributed by atoms with Gasteiger partial charge in [-0.15, -0.1) is 12.4 Å². The lowest BCUT2D eigenvalue weighted by Crippen LogP contribution is -2.51. The predicted octanol–water partition coefficient (Wildman–Crippen LogP) is 1.29. The highest BCUT2D eigenvalue weighted by atomic mass is 35.5. The summed E-state index contributed by atoms with van der Waals surface area (Å²) in [4.78, 5) is 11.8. The van der Waals surface area contributed by atoms with Crippen LogP contribution in [0.4, 0.5) is 0 Å². The third-order valence-corrected chi connectivity index (χ3v) is 3.21. The molecule has 0 radical (unpaired) electrons. The molecule has 2 N–H and O–H groups in total. The Labute approximate surface area is 131 Å². The molecular formula is C15H23ClN2O3. The van der Waals surface area contributed by atoms with Gasteiger partial charge < -0.3 is 20.1 Å². The molecule has 1 aliphatic rings. The molecule has 1 fully saturated rings. The number of carbonyl (C=O) groups is 1. The van der Waals surface area contributed by atoms with Crippen LogP contribution in [0.1, 0.15) is 12.0 Å². The van der Waals surface area contributed by atoms with Crippen molar-refractivity contribution >= 4 is 18.3 Å². The molecule has 2 rings (SSSR count). The van der Waals surface area contributed by atoms with Crippen LogP contribution in [0.5, 0.6) is 5.75 Å².